The van der Waals surface area contributed by atoms with Crippen molar-refractivity contribution in [2.45, 2.75) is 25.7 Å². The largest absolute Gasteiger partial charge is 0.468 e. The highest BCUT2D eigenvalue weighted by atomic mass is 32.2. The third-order valence-corrected chi connectivity index (χ3v) is 4.88. The van der Waals surface area contributed by atoms with E-state index in [-0.39, 0.29) is 5.92 Å². The van der Waals surface area contributed by atoms with E-state index in [0.29, 0.717) is 4.90 Å². The summed E-state index contributed by atoms with van der Waals surface area (Å²) in [5, 5.41) is 1.51. The first-order chi connectivity index (χ1) is 11.3. The van der Waals surface area contributed by atoms with Gasteiger partial charge in [-0.2, -0.15) is 0 Å². The predicted molar refractivity (Wildman–Crippen MR) is 92.6 cm³/mol. The molecular weight excluding hydrogens is 328 g/mol. The van der Waals surface area contributed by atoms with Gasteiger partial charge in [-0.05, 0) is 25.0 Å². The van der Waals surface area contributed by atoms with Gasteiger partial charge in [0.1, 0.15) is 0 Å². The Morgan fingerprint density at radius 3 is 1.96 bits per heavy atom. The van der Waals surface area contributed by atoms with Gasteiger partial charge in [-0.25, -0.2) is 4.21 Å². The van der Waals surface area contributed by atoms with Gasteiger partial charge in [0.15, 0.2) is 5.92 Å². The smallest absolute Gasteiger partial charge is 0.320 e. The van der Waals surface area contributed by atoms with Crippen molar-refractivity contribution in [2.75, 3.05) is 14.2 Å². The van der Waals surface area contributed by atoms with Crippen LogP contribution in [-0.2, 0) is 29.9 Å². The minimum Gasteiger partial charge on any atom is -0.468 e. The van der Waals surface area contributed by atoms with Crippen LogP contribution in [-0.4, -0.2) is 30.4 Å². The van der Waals surface area contributed by atoms with E-state index >= 15 is 0 Å². The van der Waals surface area contributed by atoms with Crippen molar-refractivity contribution >= 4 is 22.7 Å². The molecule has 0 saturated heterocycles. The minimum atomic E-state index is -1.36. The molecule has 1 aromatic rings. The van der Waals surface area contributed by atoms with Crippen LogP contribution in [0.2, 0.25) is 0 Å². The molecule has 0 radical (unpaired) electrons. The maximum Gasteiger partial charge on any atom is 0.320 e. The number of benzene rings is 1. The maximum absolute atomic E-state index is 12.4. The Bertz CT molecular complexity index is 603. The van der Waals surface area contributed by atoms with Gasteiger partial charge >= 0.3 is 11.9 Å². The summed E-state index contributed by atoms with van der Waals surface area (Å²) in [6, 6.07) is 7.34. The Morgan fingerprint density at radius 2 is 1.54 bits per heavy atom. The standard InChI is InChI=1S/C18H24O5S/c1-12(2)15(16(17(19)22-4)18(20)23-5)10-11-24(21)14-8-6-13(3)7-9-14/h6-12,15-16H,1-5H3/b11-10+/t15-,24?/m0/s1. The van der Waals surface area contributed by atoms with Crippen molar-refractivity contribution in [2.24, 2.45) is 17.8 Å². The second-order valence-electron chi connectivity index (χ2n) is 5.78. The lowest BCUT2D eigenvalue weighted by Gasteiger charge is -2.23. The van der Waals surface area contributed by atoms with Gasteiger partial charge in [0.2, 0.25) is 0 Å². The third-order valence-electron chi connectivity index (χ3n) is 3.74. The lowest BCUT2D eigenvalue weighted by molar-refractivity contribution is -0.161. The van der Waals surface area contributed by atoms with E-state index in [1.54, 1.807) is 18.2 Å². The number of rotatable bonds is 7. The van der Waals surface area contributed by atoms with E-state index < -0.39 is 34.6 Å². The Labute approximate surface area is 145 Å². The van der Waals surface area contributed by atoms with Crippen molar-refractivity contribution in [3.05, 3.63) is 41.3 Å². The molecule has 0 saturated carbocycles. The van der Waals surface area contributed by atoms with E-state index in [9.17, 15) is 13.8 Å². The number of carbonyl (C=O) groups excluding carboxylic acids is 2. The lowest BCUT2D eigenvalue weighted by atomic mass is 9.83. The van der Waals surface area contributed by atoms with Gasteiger partial charge in [0.05, 0.1) is 25.0 Å². The summed E-state index contributed by atoms with van der Waals surface area (Å²) in [6.45, 7) is 5.71. The van der Waals surface area contributed by atoms with Gasteiger partial charge < -0.3 is 9.47 Å². The van der Waals surface area contributed by atoms with Gasteiger partial charge in [0, 0.05) is 16.2 Å². The molecule has 1 unspecified atom stereocenters. The molecule has 0 heterocycles. The SMILES string of the molecule is COC(=O)C(C(=O)OC)[C@@H](/C=C/S(=O)c1ccc(C)cc1)C(C)C. The topological polar surface area (TPSA) is 69.7 Å². The highest BCUT2D eigenvalue weighted by Gasteiger charge is 2.37. The first kappa shape index (κ1) is 20.1. The summed E-state index contributed by atoms with van der Waals surface area (Å²) < 4.78 is 21.8. The van der Waals surface area contributed by atoms with Crippen LogP contribution in [0.25, 0.3) is 0 Å². The molecule has 0 spiro atoms. The molecular formula is C18H24O5S. The van der Waals surface area contributed by atoms with Crippen LogP contribution in [0.1, 0.15) is 19.4 Å². The van der Waals surface area contributed by atoms with Crippen molar-refractivity contribution in [3.8, 4) is 0 Å². The summed E-state index contributed by atoms with van der Waals surface area (Å²) in [5.74, 6) is -2.91. The van der Waals surface area contributed by atoms with E-state index in [2.05, 4.69) is 0 Å². The maximum atomic E-state index is 12.4. The summed E-state index contributed by atoms with van der Waals surface area (Å²) in [5.41, 5.74) is 1.08. The molecule has 24 heavy (non-hydrogen) atoms. The first-order valence-electron chi connectivity index (χ1n) is 7.63. The zero-order valence-corrected chi connectivity index (χ0v) is 15.5. The predicted octanol–water partition coefficient (Wildman–Crippen LogP) is 2.85. The van der Waals surface area contributed by atoms with Crippen molar-refractivity contribution < 1.29 is 23.3 Å². The van der Waals surface area contributed by atoms with Gasteiger partial charge in [-0.15, -0.1) is 0 Å². The highest BCUT2D eigenvalue weighted by molar-refractivity contribution is 7.88. The summed E-state index contributed by atoms with van der Waals surface area (Å²) in [6.07, 6.45) is 1.64. The molecule has 0 aliphatic heterocycles. The van der Waals surface area contributed by atoms with Crippen LogP contribution in [0.3, 0.4) is 0 Å². The van der Waals surface area contributed by atoms with E-state index in [1.165, 1.54) is 19.6 Å². The molecule has 2 atom stereocenters. The fraction of sp³-hybridized carbons (Fsp3) is 0.444. The molecule has 5 nitrogen and oxygen atoms in total. The Kier molecular flexibility index (Phi) is 7.85. The van der Waals surface area contributed by atoms with Crippen molar-refractivity contribution in [3.63, 3.8) is 0 Å². The second-order valence-corrected chi connectivity index (χ2v) is 7.12. The number of esters is 2. The molecule has 0 aliphatic carbocycles. The van der Waals surface area contributed by atoms with Crippen LogP contribution >= 0.6 is 0 Å². The number of carbonyl (C=O) groups is 2. The van der Waals surface area contributed by atoms with Gasteiger partial charge in [-0.3, -0.25) is 9.59 Å². The lowest BCUT2D eigenvalue weighted by Crippen LogP contribution is -2.35. The Balaban J connectivity index is 3.06. The quantitative estimate of drug-likeness (QED) is 0.557. The van der Waals surface area contributed by atoms with Crippen molar-refractivity contribution in [1.29, 1.82) is 0 Å². The summed E-state index contributed by atoms with van der Waals surface area (Å²) >= 11 is 0. The second kappa shape index (κ2) is 9.37. The average molecular weight is 352 g/mol. The normalized spacial score (nSPS) is 14.0. The molecule has 132 valence electrons. The van der Waals surface area contributed by atoms with Crippen LogP contribution in [0.15, 0.2) is 40.6 Å². The van der Waals surface area contributed by atoms with Gasteiger partial charge in [-0.1, -0.05) is 37.6 Å². The molecule has 1 aromatic carbocycles. The molecule has 0 bridgehead atoms. The highest BCUT2D eigenvalue weighted by Crippen LogP contribution is 2.26. The number of aryl methyl sites for hydroxylation is 1. The van der Waals surface area contributed by atoms with E-state index in [0.717, 1.165) is 5.56 Å². The Morgan fingerprint density at radius 1 is 1.04 bits per heavy atom. The molecule has 6 heteroatoms. The monoisotopic (exact) mass is 352 g/mol. The molecule has 0 N–H and O–H groups in total. The number of hydrogen-bond acceptors (Lipinski definition) is 5. The molecule has 0 aromatic heterocycles. The number of hydrogen-bond donors (Lipinski definition) is 0. The fourth-order valence-electron chi connectivity index (χ4n) is 2.30. The summed E-state index contributed by atoms with van der Waals surface area (Å²) in [4.78, 5) is 24.6. The zero-order valence-electron chi connectivity index (χ0n) is 14.6. The van der Waals surface area contributed by atoms with Gasteiger partial charge in [0.25, 0.3) is 0 Å². The number of methoxy groups -OCH3 is 2. The minimum absolute atomic E-state index is 0.0422. The molecule has 1 rings (SSSR count). The van der Waals surface area contributed by atoms with Crippen LogP contribution in [0.4, 0.5) is 0 Å². The van der Waals surface area contributed by atoms with E-state index in [4.69, 9.17) is 9.47 Å². The molecule has 0 amide bonds. The molecule has 0 aliphatic rings. The van der Waals surface area contributed by atoms with E-state index in [1.807, 2.05) is 32.9 Å². The Hall–Kier alpha value is -1.95. The van der Waals surface area contributed by atoms with Crippen molar-refractivity contribution in [1.82, 2.24) is 0 Å². The molecule has 0 fully saturated rings. The zero-order chi connectivity index (χ0) is 18.3. The number of ether oxygens (including phenoxy) is 2. The van der Waals surface area contributed by atoms with Crippen LogP contribution in [0.5, 0.6) is 0 Å². The summed E-state index contributed by atoms with van der Waals surface area (Å²) in [7, 11) is 1.09. The van der Waals surface area contributed by atoms with Crippen LogP contribution in [0, 0.1) is 24.7 Å². The first-order valence-corrected chi connectivity index (χ1v) is 8.84. The number of allylic oxidation sites excluding steroid dienone is 1. The van der Waals surface area contributed by atoms with Crippen LogP contribution < -0.4 is 0 Å². The fourth-order valence-corrected chi connectivity index (χ4v) is 3.18. The third kappa shape index (κ3) is 5.30. The average Bonchev–Trinajstić information content (AvgIpc) is 2.57.